The molecule has 3 heteroatoms. The predicted octanol–water partition coefficient (Wildman–Crippen LogP) is 3.19. The molecule has 2 saturated heterocycles. The molecule has 1 aromatic carbocycles. The molecule has 128 valence electrons. The lowest BCUT2D eigenvalue weighted by Gasteiger charge is -2.50. The quantitative estimate of drug-likeness (QED) is 0.830. The highest BCUT2D eigenvalue weighted by Gasteiger charge is 2.40. The van der Waals surface area contributed by atoms with Crippen molar-refractivity contribution >= 4 is 0 Å². The van der Waals surface area contributed by atoms with E-state index in [-0.39, 0.29) is 0 Å². The van der Waals surface area contributed by atoms with Crippen molar-refractivity contribution in [3.05, 3.63) is 35.9 Å². The van der Waals surface area contributed by atoms with Crippen molar-refractivity contribution in [3.63, 3.8) is 0 Å². The van der Waals surface area contributed by atoms with Crippen molar-refractivity contribution in [2.75, 3.05) is 39.3 Å². The second-order valence-electron chi connectivity index (χ2n) is 7.28. The smallest absolute Gasteiger partial charge is 0.0564 e. The van der Waals surface area contributed by atoms with Crippen LogP contribution in [0.2, 0.25) is 0 Å². The van der Waals surface area contributed by atoms with Crippen LogP contribution in [0.4, 0.5) is 0 Å². The Balaban J connectivity index is 1.49. The number of rotatable bonds is 5. The summed E-state index contributed by atoms with van der Waals surface area (Å²) in [6.45, 7) is 11.6. The van der Waals surface area contributed by atoms with Gasteiger partial charge in [-0.2, -0.15) is 0 Å². The highest BCUT2D eigenvalue weighted by atomic mass is 16.5. The van der Waals surface area contributed by atoms with Crippen LogP contribution >= 0.6 is 0 Å². The zero-order chi connectivity index (χ0) is 16.1. The molecule has 2 heterocycles. The summed E-state index contributed by atoms with van der Waals surface area (Å²) in [5.74, 6) is 0. The van der Waals surface area contributed by atoms with Gasteiger partial charge in [-0.1, -0.05) is 37.3 Å². The highest BCUT2D eigenvalue weighted by Crippen LogP contribution is 2.34. The lowest BCUT2D eigenvalue weighted by atomic mass is 9.82. The van der Waals surface area contributed by atoms with Gasteiger partial charge in [0.1, 0.15) is 0 Å². The highest BCUT2D eigenvalue weighted by molar-refractivity contribution is 5.14. The lowest BCUT2D eigenvalue weighted by Crippen LogP contribution is -2.59. The maximum absolute atomic E-state index is 5.80. The zero-order valence-corrected chi connectivity index (χ0v) is 14.8. The van der Waals surface area contributed by atoms with Crippen LogP contribution in [-0.2, 0) is 11.2 Å². The molecule has 2 fully saturated rings. The summed E-state index contributed by atoms with van der Waals surface area (Å²) < 4.78 is 5.80. The van der Waals surface area contributed by atoms with Gasteiger partial charge < -0.3 is 9.64 Å². The van der Waals surface area contributed by atoms with Gasteiger partial charge in [0.25, 0.3) is 0 Å². The summed E-state index contributed by atoms with van der Waals surface area (Å²) in [6, 6.07) is 10.9. The third-order valence-electron chi connectivity index (χ3n) is 5.90. The first-order valence-corrected chi connectivity index (χ1v) is 9.35. The van der Waals surface area contributed by atoms with E-state index in [4.69, 9.17) is 4.74 Å². The second kappa shape index (κ2) is 7.78. The average molecular weight is 316 g/mol. The number of ether oxygens (including phenoxy) is 1. The van der Waals surface area contributed by atoms with Crippen molar-refractivity contribution < 1.29 is 4.74 Å². The first-order chi connectivity index (χ1) is 11.2. The molecule has 0 radical (unpaired) electrons. The van der Waals surface area contributed by atoms with Crippen molar-refractivity contribution in [1.29, 1.82) is 0 Å². The Morgan fingerprint density at radius 1 is 1.13 bits per heavy atom. The molecule has 0 amide bonds. The Labute approximate surface area is 141 Å². The van der Waals surface area contributed by atoms with Gasteiger partial charge in [-0.3, -0.25) is 4.90 Å². The SMILES string of the molecule is CC[C@]1(N2CCN(CCc3ccccc3)CC2)CCO[C@@H](C)C1. The van der Waals surface area contributed by atoms with Crippen LogP contribution in [0.1, 0.15) is 38.7 Å². The summed E-state index contributed by atoms with van der Waals surface area (Å²) in [6.07, 6.45) is 5.25. The van der Waals surface area contributed by atoms with Crippen LogP contribution in [0.5, 0.6) is 0 Å². The van der Waals surface area contributed by atoms with E-state index in [0.717, 1.165) is 6.61 Å². The molecule has 2 atom stereocenters. The van der Waals surface area contributed by atoms with Gasteiger partial charge in [0.15, 0.2) is 0 Å². The fourth-order valence-corrected chi connectivity index (χ4v) is 4.36. The molecule has 3 nitrogen and oxygen atoms in total. The fraction of sp³-hybridized carbons (Fsp3) is 0.700. The third kappa shape index (κ3) is 4.14. The first-order valence-electron chi connectivity index (χ1n) is 9.35. The molecule has 2 aliphatic heterocycles. The molecule has 0 bridgehead atoms. The molecular formula is C20H32N2O. The molecule has 1 aromatic rings. The molecule has 0 aliphatic carbocycles. The van der Waals surface area contributed by atoms with Gasteiger partial charge in [0, 0.05) is 44.9 Å². The molecule has 3 rings (SSSR count). The normalized spacial score (nSPS) is 30.4. The maximum Gasteiger partial charge on any atom is 0.0564 e. The number of piperazine rings is 1. The van der Waals surface area contributed by atoms with Crippen molar-refractivity contribution in [3.8, 4) is 0 Å². The van der Waals surface area contributed by atoms with Crippen molar-refractivity contribution in [2.45, 2.75) is 51.2 Å². The van der Waals surface area contributed by atoms with Crippen LogP contribution in [0.25, 0.3) is 0 Å². The largest absolute Gasteiger partial charge is 0.378 e. The Morgan fingerprint density at radius 2 is 1.87 bits per heavy atom. The van der Waals surface area contributed by atoms with E-state index in [1.165, 1.54) is 64.0 Å². The van der Waals surface area contributed by atoms with E-state index in [1.807, 2.05) is 0 Å². The van der Waals surface area contributed by atoms with E-state index in [9.17, 15) is 0 Å². The van der Waals surface area contributed by atoms with Crippen molar-refractivity contribution in [1.82, 2.24) is 9.80 Å². The Morgan fingerprint density at radius 3 is 2.52 bits per heavy atom. The molecule has 23 heavy (non-hydrogen) atoms. The summed E-state index contributed by atoms with van der Waals surface area (Å²) in [4.78, 5) is 5.40. The van der Waals surface area contributed by atoms with E-state index < -0.39 is 0 Å². The molecular weight excluding hydrogens is 284 g/mol. The fourth-order valence-electron chi connectivity index (χ4n) is 4.36. The Hall–Kier alpha value is -0.900. The van der Waals surface area contributed by atoms with E-state index in [1.54, 1.807) is 0 Å². The maximum atomic E-state index is 5.80. The Kier molecular flexibility index (Phi) is 5.73. The number of nitrogens with zero attached hydrogens (tertiary/aromatic N) is 2. The van der Waals surface area contributed by atoms with Crippen LogP contribution in [0.3, 0.4) is 0 Å². The topological polar surface area (TPSA) is 15.7 Å². The summed E-state index contributed by atoms with van der Waals surface area (Å²) in [7, 11) is 0. The molecule has 0 unspecified atom stereocenters. The number of benzene rings is 1. The second-order valence-corrected chi connectivity index (χ2v) is 7.28. The summed E-state index contributed by atoms with van der Waals surface area (Å²) in [5.41, 5.74) is 1.85. The first kappa shape index (κ1) is 16.9. The molecule has 0 spiro atoms. The van der Waals surface area contributed by atoms with E-state index in [0.29, 0.717) is 11.6 Å². The third-order valence-corrected chi connectivity index (χ3v) is 5.90. The summed E-state index contributed by atoms with van der Waals surface area (Å²) in [5, 5.41) is 0. The van der Waals surface area contributed by atoms with Gasteiger partial charge in [0.05, 0.1) is 6.10 Å². The Bertz CT molecular complexity index is 470. The molecule has 0 saturated carbocycles. The molecule has 0 N–H and O–H groups in total. The monoisotopic (exact) mass is 316 g/mol. The van der Waals surface area contributed by atoms with Crippen LogP contribution < -0.4 is 0 Å². The number of hydrogen-bond acceptors (Lipinski definition) is 3. The van der Waals surface area contributed by atoms with Gasteiger partial charge in [-0.05, 0) is 38.2 Å². The minimum absolute atomic E-state index is 0.392. The van der Waals surface area contributed by atoms with Crippen molar-refractivity contribution in [2.24, 2.45) is 0 Å². The zero-order valence-electron chi connectivity index (χ0n) is 14.8. The van der Waals surface area contributed by atoms with Gasteiger partial charge >= 0.3 is 0 Å². The van der Waals surface area contributed by atoms with Crippen LogP contribution in [-0.4, -0.2) is 60.8 Å². The number of hydrogen-bond donors (Lipinski definition) is 0. The lowest BCUT2D eigenvalue weighted by molar-refractivity contribution is -0.0808. The molecule has 0 aromatic heterocycles. The van der Waals surface area contributed by atoms with Gasteiger partial charge in [0.2, 0.25) is 0 Å². The average Bonchev–Trinajstić information content (AvgIpc) is 2.61. The summed E-state index contributed by atoms with van der Waals surface area (Å²) >= 11 is 0. The van der Waals surface area contributed by atoms with Gasteiger partial charge in [-0.15, -0.1) is 0 Å². The minimum atomic E-state index is 0.392. The standard InChI is InChI=1S/C20H32N2O/c1-3-20(10-16-23-18(2)17-20)22-14-12-21(13-15-22)11-9-19-7-5-4-6-8-19/h4-8,18H,3,9-17H2,1-2H3/t18-,20-/m0/s1. The molecule has 2 aliphatic rings. The van der Waals surface area contributed by atoms with Crippen LogP contribution in [0, 0.1) is 0 Å². The van der Waals surface area contributed by atoms with Crippen LogP contribution in [0.15, 0.2) is 30.3 Å². The van der Waals surface area contributed by atoms with E-state index in [2.05, 4.69) is 54.0 Å². The predicted molar refractivity (Wildman–Crippen MR) is 95.8 cm³/mol. The van der Waals surface area contributed by atoms with Gasteiger partial charge in [-0.25, -0.2) is 0 Å². The van der Waals surface area contributed by atoms with E-state index >= 15 is 0 Å². The minimum Gasteiger partial charge on any atom is -0.378 e.